The number of carbonyl (C=O) groups excluding carboxylic acids is 2. The second-order valence-corrected chi connectivity index (χ2v) is 6.34. The fourth-order valence-electron chi connectivity index (χ4n) is 3.03. The lowest BCUT2D eigenvalue weighted by Crippen LogP contribution is -3.11. The molecule has 1 unspecified atom stereocenters. The van der Waals surface area contributed by atoms with Crippen LogP contribution in [0, 0.1) is 0 Å². The highest BCUT2D eigenvalue weighted by atomic mass is 16.7. The summed E-state index contributed by atoms with van der Waals surface area (Å²) in [6.45, 7) is 1.91. The fourth-order valence-corrected chi connectivity index (χ4v) is 3.03. The number of methoxy groups -OCH3 is 2. The van der Waals surface area contributed by atoms with E-state index >= 15 is 0 Å². The van der Waals surface area contributed by atoms with Gasteiger partial charge in [0.05, 0.1) is 45.7 Å². The number of rotatable bonds is 7. The summed E-state index contributed by atoms with van der Waals surface area (Å²) in [6.07, 6.45) is -0.288. The van der Waals surface area contributed by atoms with E-state index in [4.69, 9.17) is 18.9 Å². The van der Waals surface area contributed by atoms with Crippen LogP contribution in [0.25, 0.3) is 10.9 Å². The van der Waals surface area contributed by atoms with Crippen LogP contribution < -0.4 is 15.0 Å². The molecule has 2 aromatic rings. The Morgan fingerprint density at radius 3 is 2.70 bits per heavy atom. The van der Waals surface area contributed by atoms with Crippen molar-refractivity contribution in [3.8, 4) is 5.75 Å². The highest BCUT2D eigenvalue weighted by Gasteiger charge is 2.24. The van der Waals surface area contributed by atoms with E-state index in [1.54, 1.807) is 25.3 Å². The monoisotopic (exact) mass is 378 g/mol. The number of anilines is 1. The van der Waals surface area contributed by atoms with E-state index < -0.39 is 5.97 Å². The van der Waals surface area contributed by atoms with Gasteiger partial charge in [-0.3, -0.25) is 4.79 Å². The minimum atomic E-state index is -0.561. The Balaban J connectivity index is 1.77. The summed E-state index contributed by atoms with van der Waals surface area (Å²) in [7, 11) is 4.73. The van der Waals surface area contributed by atoms with Gasteiger partial charge >= 0.3 is 5.97 Å². The number of ether oxygens (including phenoxy) is 4. The van der Waals surface area contributed by atoms with Crippen LogP contribution in [0.2, 0.25) is 0 Å². The lowest BCUT2D eigenvalue weighted by molar-refractivity contribution is -0.877. The number of aromatic amines is 1. The molecule has 9 nitrogen and oxygen atoms in total. The number of hydrogen-bond acceptors (Lipinski definition) is 6. The maximum absolute atomic E-state index is 12.5. The first-order valence-electron chi connectivity index (χ1n) is 8.64. The summed E-state index contributed by atoms with van der Waals surface area (Å²) >= 11 is 0. The molecule has 1 amide bonds. The molecule has 3 rings (SSSR count). The molecule has 2 heterocycles. The van der Waals surface area contributed by atoms with E-state index in [1.165, 1.54) is 7.11 Å². The number of hydrogen-bond donors (Lipinski definition) is 3. The minimum absolute atomic E-state index is 0.189. The van der Waals surface area contributed by atoms with Crippen molar-refractivity contribution in [3.63, 3.8) is 0 Å². The summed E-state index contributed by atoms with van der Waals surface area (Å²) < 4.78 is 20.8. The summed E-state index contributed by atoms with van der Waals surface area (Å²) in [6, 6.07) is 5.30. The maximum Gasteiger partial charge on any atom is 0.356 e. The second-order valence-electron chi connectivity index (χ2n) is 6.34. The van der Waals surface area contributed by atoms with Crippen LogP contribution in [0.15, 0.2) is 18.2 Å². The number of H-pyrrole nitrogens is 1. The van der Waals surface area contributed by atoms with E-state index in [0.29, 0.717) is 42.1 Å². The van der Waals surface area contributed by atoms with E-state index in [1.807, 2.05) is 7.05 Å². The Bertz CT molecular complexity index is 828. The molecule has 0 spiro atoms. The molecule has 9 heteroatoms. The van der Waals surface area contributed by atoms with Gasteiger partial charge in [0.15, 0.2) is 6.54 Å². The molecule has 146 valence electrons. The molecule has 0 aliphatic carbocycles. The van der Waals surface area contributed by atoms with Gasteiger partial charge in [0.2, 0.25) is 6.29 Å². The molecule has 1 aliphatic rings. The number of fused-ring (bicyclic) bond motifs is 1. The van der Waals surface area contributed by atoms with Crippen LogP contribution >= 0.6 is 0 Å². The van der Waals surface area contributed by atoms with Gasteiger partial charge in [-0.2, -0.15) is 0 Å². The van der Waals surface area contributed by atoms with Gasteiger partial charge in [-0.05, 0) is 12.1 Å². The number of carbonyl (C=O) groups is 2. The molecule has 1 aromatic carbocycles. The Morgan fingerprint density at radius 1 is 1.30 bits per heavy atom. The number of aromatic nitrogens is 1. The molecular weight excluding hydrogens is 354 g/mol. The average molecular weight is 378 g/mol. The molecule has 0 radical (unpaired) electrons. The molecule has 1 saturated heterocycles. The van der Waals surface area contributed by atoms with Crippen LogP contribution in [-0.4, -0.2) is 70.7 Å². The molecular formula is C18H24N3O6+. The van der Waals surface area contributed by atoms with Gasteiger partial charge in [-0.1, -0.05) is 0 Å². The topological polar surface area (TPSA) is 103 Å². The molecule has 0 saturated carbocycles. The fraction of sp³-hybridized carbons (Fsp3) is 0.444. The van der Waals surface area contributed by atoms with Gasteiger partial charge in [0.1, 0.15) is 18.0 Å². The second kappa shape index (κ2) is 8.38. The summed E-state index contributed by atoms with van der Waals surface area (Å²) in [4.78, 5) is 28.6. The maximum atomic E-state index is 12.5. The zero-order valence-electron chi connectivity index (χ0n) is 15.6. The Hall–Kier alpha value is -2.62. The first kappa shape index (κ1) is 19.2. The molecule has 1 aromatic heterocycles. The minimum Gasteiger partial charge on any atom is -0.497 e. The van der Waals surface area contributed by atoms with E-state index in [9.17, 15) is 9.59 Å². The molecule has 3 N–H and O–H groups in total. The first-order valence-corrected chi connectivity index (χ1v) is 8.64. The van der Waals surface area contributed by atoms with Crippen LogP contribution in [-0.2, 0) is 19.0 Å². The van der Waals surface area contributed by atoms with Crippen molar-refractivity contribution in [2.24, 2.45) is 0 Å². The van der Waals surface area contributed by atoms with Crippen LogP contribution in [0.1, 0.15) is 10.5 Å². The van der Waals surface area contributed by atoms with Crippen molar-refractivity contribution < 1.29 is 33.4 Å². The number of benzene rings is 1. The van der Waals surface area contributed by atoms with Crippen LogP contribution in [0.4, 0.5) is 5.69 Å². The van der Waals surface area contributed by atoms with Crippen molar-refractivity contribution in [3.05, 3.63) is 23.9 Å². The number of quaternary nitrogens is 1. The first-order chi connectivity index (χ1) is 13.0. The predicted octanol–water partition coefficient (Wildman–Crippen LogP) is -0.211. The highest BCUT2D eigenvalue weighted by Crippen LogP contribution is 2.30. The quantitative estimate of drug-likeness (QED) is 0.576. The van der Waals surface area contributed by atoms with Gasteiger partial charge in [-0.15, -0.1) is 0 Å². The predicted molar refractivity (Wildman–Crippen MR) is 97.1 cm³/mol. The standard InChI is InChI=1S/C18H23N3O6/c1-21(10-15-26-6-7-27-15)9-14(22)20-16-12-5-4-11(24-2)8-13(12)19-17(16)18(23)25-3/h4-5,8,15,19H,6-7,9-10H2,1-3H3,(H,20,22)/p+1. The largest absolute Gasteiger partial charge is 0.497 e. The van der Waals surface area contributed by atoms with Gasteiger partial charge in [0.25, 0.3) is 5.91 Å². The molecule has 1 atom stereocenters. The van der Waals surface area contributed by atoms with Crippen molar-refractivity contribution in [1.82, 2.24) is 4.98 Å². The van der Waals surface area contributed by atoms with Crippen LogP contribution in [0.5, 0.6) is 5.75 Å². The SMILES string of the molecule is COC(=O)c1[nH]c2cc(OC)ccc2c1NC(=O)C[NH+](C)CC1OCCO1. The van der Waals surface area contributed by atoms with Crippen molar-refractivity contribution in [1.29, 1.82) is 0 Å². The third-order valence-electron chi connectivity index (χ3n) is 4.33. The van der Waals surface area contributed by atoms with Crippen LogP contribution in [0.3, 0.4) is 0 Å². The smallest absolute Gasteiger partial charge is 0.356 e. The zero-order chi connectivity index (χ0) is 19.4. The number of esters is 1. The van der Waals surface area contributed by atoms with Crippen molar-refractivity contribution in [2.45, 2.75) is 6.29 Å². The summed E-state index contributed by atoms with van der Waals surface area (Å²) in [5, 5.41) is 3.53. The van der Waals surface area contributed by atoms with E-state index in [-0.39, 0.29) is 24.4 Å². The van der Waals surface area contributed by atoms with E-state index in [2.05, 4.69) is 10.3 Å². The third-order valence-corrected chi connectivity index (χ3v) is 4.33. The number of likely N-dealkylation sites (N-methyl/N-ethyl adjacent to an activating group) is 1. The molecule has 1 aliphatic heterocycles. The Kier molecular flexibility index (Phi) is 5.94. The average Bonchev–Trinajstić information content (AvgIpc) is 3.28. The zero-order valence-corrected chi connectivity index (χ0v) is 15.6. The van der Waals surface area contributed by atoms with Gasteiger partial charge in [-0.25, -0.2) is 4.79 Å². The lowest BCUT2D eigenvalue weighted by atomic mass is 10.2. The molecule has 1 fully saturated rings. The third kappa shape index (κ3) is 4.38. The lowest BCUT2D eigenvalue weighted by Gasteiger charge is -2.17. The Morgan fingerprint density at radius 2 is 2.04 bits per heavy atom. The Labute approximate surface area is 156 Å². The number of amides is 1. The number of nitrogens with one attached hydrogen (secondary N) is 3. The summed E-state index contributed by atoms with van der Waals surface area (Å²) in [5.41, 5.74) is 1.25. The molecule has 27 heavy (non-hydrogen) atoms. The molecule has 0 bridgehead atoms. The van der Waals surface area contributed by atoms with Gasteiger partial charge in [0, 0.05) is 11.5 Å². The van der Waals surface area contributed by atoms with Crippen molar-refractivity contribution in [2.75, 3.05) is 52.9 Å². The van der Waals surface area contributed by atoms with Crippen molar-refractivity contribution >= 4 is 28.5 Å². The summed E-state index contributed by atoms with van der Waals surface area (Å²) in [5.74, 6) is -0.153. The highest BCUT2D eigenvalue weighted by molar-refractivity contribution is 6.11. The normalized spacial score (nSPS) is 15.7. The van der Waals surface area contributed by atoms with E-state index in [0.717, 1.165) is 4.90 Å². The van der Waals surface area contributed by atoms with Gasteiger partial charge < -0.3 is 34.1 Å².